The quantitative estimate of drug-likeness (QED) is 0.852. The fourth-order valence-corrected chi connectivity index (χ4v) is 1.72. The summed E-state index contributed by atoms with van der Waals surface area (Å²) >= 11 is 0. The fraction of sp³-hybridized carbons (Fsp3) is 0.462. The molecule has 0 spiro atoms. The number of likely N-dealkylation sites (N-methyl/N-ethyl adjacent to an activating group) is 1. The maximum Gasteiger partial charge on any atom is 0.226 e. The van der Waals surface area contributed by atoms with E-state index in [1.165, 1.54) is 0 Å². The molecule has 92 valence electrons. The van der Waals surface area contributed by atoms with Gasteiger partial charge >= 0.3 is 0 Å². The number of hydrogen-bond donors (Lipinski definition) is 1. The standard InChI is InChI=1S/C13H18N2O2/c1-9(2)13(16)14-10-4-5-11-12(8-10)17-7-6-15(11)3/h4-5,8-9H,6-7H2,1-3H3,(H,14,16). The van der Waals surface area contributed by atoms with E-state index in [0.29, 0.717) is 6.61 Å². The zero-order valence-corrected chi connectivity index (χ0v) is 10.5. The van der Waals surface area contributed by atoms with Crippen LogP contribution in [0.25, 0.3) is 0 Å². The number of ether oxygens (including phenoxy) is 1. The van der Waals surface area contributed by atoms with Crippen molar-refractivity contribution in [3.05, 3.63) is 18.2 Å². The van der Waals surface area contributed by atoms with Crippen molar-refractivity contribution in [2.75, 3.05) is 30.4 Å². The highest BCUT2D eigenvalue weighted by Crippen LogP contribution is 2.33. The first-order valence-electron chi connectivity index (χ1n) is 5.87. The van der Waals surface area contributed by atoms with E-state index in [9.17, 15) is 4.79 Å². The monoisotopic (exact) mass is 234 g/mol. The minimum Gasteiger partial charge on any atom is -0.489 e. The number of rotatable bonds is 2. The van der Waals surface area contributed by atoms with E-state index < -0.39 is 0 Å². The largest absolute Gasteiger partial charge is 0.489 e. The Labute approximate surface area is 102 Å². The van der Waals surface area contributed by atoms with Crippen molar-refractivity contribution in [3.63, 3.8) is 0 Å². The van der Waals surface area contributed by atoms with Crippen LogP contribution in [0.4, 0.5) is 11.4 Å². The Balaban J connectivity index is 2.19. The van der Waals surface area contributed by atoms with Gasteiger partial charge in [-0.15, -0.1) is 0 Å². The summed E-state index contributed by atoms with van der Waals surface area (Å²) in [5.41, 5.74) is 1.86. The molecular formula is C13H18N2O2. The molecule has 1 aromatic rings. The molecule has 1 aromatic carbocycles. The summed E-state index contributed by atoms with van der Waals surface area (Å²) in [6.45, 7) is 5.33. The molecule has 0 saturated heterocycles. The zero-order chi connectivity index (χ0) is 12.4. The summed E-state index contributed by atoms with van der Waals surface area (Å²) in [6.07, 6.45) is 0. The molecular weight excluding hydrogens is 216 g/mol. The number of anilines is 2. The summed E-state index contributed by atoms with van der Waals surface area (Å²) in [7, 11) is 2.04. The van der Waals surface area contributed by atoms with Crippen LogP contribution >= 0.6 is 0 Å². The highest BCUT2D eigenvalue weighted by Gasteiger charge is 2.16. The summed E-state index contributed by atoms with van der Waals surface area (Å²) in [4.78, 5) is 13.7. The lowest BCUT2D eigenvalue weighted by Gasteiger charge is -2.28. The van der Waals surface area contributed by atoms with E-state index in [1.54, 1.807) is 0 Å². The molecule has 1 aliphatic heterocycles. The number of carbonyl (C=O) groups excluding carboxylic acids is 1. The molecule has 0 bridgehead atoms. The molecule has 0 aliphatic carbocycles. The lowest BCUT2D eigenvalue weighted by atomic mass is 10.2. The molecule has 0 atom stereocenters. The first-order chi connectivity index (χ1) is 8.08. The second kappa shape index (κ2) is 4.65. The van der Waals surface area contributed by atoms with Crippen molar-refractivity contribution in [1.29, 1.82) is 0 Å². The number of fused-ring (bicyclic) bond motifs is 1. The number of nitrogens with zero attached hydrogens (tertiary/aromatic N) is 1. The molecule has 0 unspecified atom stereocenters. The Kier molecular flexibility index (Phi) is 3.22. The summed E-state index contributed by atoms with van der Waals surface area (Å²) in [5.74, 6) is 0.837. The van der Waals surface area contributed by atoms with Crippen LogP contribution in [0.3, 0.4) is 0 Å². The van der Waals surface area contributed by atoms with Crippen LogP contribution in [0.15, 0.2) is 18.2 Å². The van der Waals surface area contributed by atoms with Gasteiger partial charge in [-0.1, -0.05) is 13.8 Å². The van der Waals surface area contributed by atoms with Gasteiger partial charge < -0.3 is 15.0 Å². The third-order valence-electron chi connectivity index (χ3n) is 2.85. The Morgan fingerprint density at radius 3 is 2.94 bits per heavy atom. The Hall–Kier alpha value is -1.71. The minimum absolute atomic E-state index is 0.0189. The van der Waals surface area contributed by atoms with Gasteiger partial charge in [-0.2, -0.15) is 0 Å². The Morgan fingerprint density at radius 1 is 1.47 bits per heavy atom. The molecule has 1 heterocycles. The van der Waals surface area contributed by atoms with Gasteiger partial charge in [0.2, 0.25) is 5.91 Å². The van der Waals surface area contributed by atoms with Gasteiger partial charge in [-0.25, -0.2) is 0 Å². The molecule has 4 heteroatoms. The Morgan fingerprint density at radius 2 is 2.24 bits per heavy atom. The van der Waals surface area contributed by atoms with Crippen molar-refractivity contribution in [2.24, 2.45) is 5.92 Å². The fourth-order valence-electron chi connectivity index (χ4n) is 1.72. The first-order valence-corrected chi connectivity index (χ1v) is 5.87. The third kappa shape index (κ3) is 2.52. The number of hydrogen-bond acceptors (Lipinski definition) is 3. The highest BCUT2D eigenvalue weighted by molar-refractivity contribution is 5.92. The normalized spacial score (nSPS) is 14.2. The number of nitrogens with one attached hydrogen (secondary N) is 1. The van der Waals surface area contributed by atoms with Crippen molar-refractivity contribution in [1.82, 2.24) is 0 Å². The van der Waals surface area contributed by atoms with Crippen LogP contribution in [-0.2, 0) is 4.79 Å². The molecule has 0 saturated carbocycles. The third-order valence-corrected chi connectivity index (χ3v) is 2.85. The summed E-state index contributed by atoms with van der Waals surface area (Å²) in [5, 5.41) is 2.87. The van der Waals surface area contributed by atoms with E-state index in [4.69, 9.17) is 4.74 Å². The number of carbonyl (C=O) groups is 1. The highest BCUT2D eigenvalue weighted by atomic mass is 16.5. The molecule has 0 radical (unpaired) electrons. The van der Waals surface area contributed by atoms with Crippen LogP contribution in [0.5, 0.6) is 5.75 Å². The number of amides is 1. The SMILES string of the molecule is CC(C)C(=O)Nc1ccc2c(c1)OCCN2C. The second-order valence-electron chi connectivity index (χ2n) is 4.60. The van der Waals surface area contributed by atoms with Crippen molar-refractivity contribution in [3.8, 4) is 5.75 Å². The van der Waals surface area contributed by atoms with Gasteiger partial charge in [0.1, 0.15) is 12.4 Å². The van der Waals surface area contributed by atoms with Crippen LogP contribution in [0, 0.1) is 5.92 Å². The lowest BCUT2D eigenvalue weighted by Crippen LogP contribution is -2.28. The van der Waals surface area contributed by atoms with Crippen molar-refractivity contribution < 1.29 is 9.53 Å². The van der Waals surface area contributed by atoms with E-state index >= 15 is 0 Å². The molecule has 1 aliphatic rings. The zero-order valence-electron chi connectivity index (χ0n) is 10.5. The predicted octanol–water partition coefficient (Wildman–Crippen LogP) is 2.11. The van der Waals surface area contributed by atoms with Gasteiger partial charge in [0.25, 0.3) is 0 Å². The van der Waals surface area contributed by atoms with Crippen molar-refractivity contribution >= 4 is 17.3 Å². The van der Waals surface area contributed by atoms with E-state index in [1.807, 2.05) is 39.1 Å². The molecule has 17 heavy (non-hydrogen) atoms. The average Bonchev–Trinajstić information content (AvgIpc) is 2.29. The molecule has 0 fully saturated rings. The maximum atomic E-state index is 11.6. The Bertz CT molecular complexity index is 429. The molecule has 1 N–H and O–H groups in total. The van der Waals surface area contributed by atoms with Gasteiger partial charge in [0, 0.05) is 24.7 Å². The van der Waals surface area contributed by atoms with Gasteiger partial charge in [-0.3, -0.25) is 4.79 Å². The number of benzene rings is 1. The van der Waals surface area contributed by atoms with E-state index in [2.05, 4.69) is 10.2 Å². The lowest BCUT2D eigenvalue weighted by molar-refractivity contribution is -0.118. The minimum atomic E-state index is -0.0189. The average molecular weight is 234 g/mol. The summed E-state index contributed by atoms with van der Waals surface area (Å²) in [6, 6.07) is 5.76. The van der Waals surface area contributed by atoms with Crippen molar-refractivity contribution in [2.45, 2.75) is 13.8 Å². The van der Waals surface area contributed by atoms with Gasteiger partial charge in [-0.05, 0) is 12.1 Å². The van der Waals surface area contributed by atoms with E-state index in [0.717, 1.165) is 23.7 Å². The van der Waals surface area contributed by atoms with Crippen LogP contribution in [-0.4, -0.2) is 26.1 Å². The van der Waals surface area contributed by atoms with Crippen LogP contribution in [0.1, 0.15) is 13.8 Å². The van der Waals surface area contributed by atoms with E-state index in [-0.39, 0.29) is 11.8 Å². The van der Waals surface area contributed by atoms with Gasteiger partial charge in [0.15, 0.2) is 0 Å². The second-order valence-corrected chi connectivity index (χ2v) is 4.60. The molecule has 1 amide bonds. The topological polar surface area (TPSA) is 41.6 Å². The smallest absolute Gasteiger partial charge is 0.226 e. The van der Waals surface area contributed by atoms with Crippen LogP contribution < -0.4 is 15.0 Å². The van der Waals surface area contributed by atoms with Crippen LogP contribution in [0.2, 0.25) is 0 Å². The molecule has 0 aromatic heterocycles. The molecule has 4 nitrogen and oxygen atoms in total. The van der Waals surface area contributed by atoms with Gasteiger partial charge in [0.05, 0.1) is 12.2 Å². The molecule has 2 rings (SSSR count). The summed E-state index contributed by atoms with van der Waals surface area (Å²) < 4.78 is 5.58. The maximum absolute atomic E-state index is 11.6. The first kappa shape index (κ1) is 11.8. The predicted molar refractivity (Wildman–Crippen MR) is 68.7 cm³/mol.